The van der Waals surface area contributed by atoms with Crippen LogP contribution in [0.5, 0.6) is 5.75 Å². The third kappa shape index (κ3) is 2.97. The number of carbonyl (C=O) groups is 1. The molecule has 5 heteroatoms. The van der Waals surface area contributed by atoms with Gasteiger partial charge in [-0.1, -0.05) is 19.1 Å². The summed E-state index contributed by atoms with van der Waals surface area (Å²) in [4.78, 5) is 12.6. The molecular formula is C14H15IN2O2. The molecule has 0 atom stereocenters. The molecule has 0 saturated heterocycles. The van der Waals surface area contributed by atoms with Crippen molar-refractivity contribution in [2.75, 3.05) is 7.11 Å². The molecule has 19 heavy (non-hydrogen) atoms. The molecular weight excluding hydrogens is 355 g/mol. The Balaban J connectivity index is 2.45. The smallest absolute Gasteiger partial charge is 0.214 e. The van der Waals surface area contributed by atoms with E-state index in [1.165, 1.54) is 0 Å². The Labute approximate surface area is 125 Å². The summed E-state index contributed by atoms with van der Waals surface area (Å²) in [5.41, 5.74) is 1.18. The second-order valence-corrected chi connectivity index (χ2v) is 5.37. The first-order chi connectivity index (χ1) is 9.17. The average Bonchev–Trinajstić information content (AvgIpc) is 2.81. The van der Waals surface area contributed by atoms with Gasteiger partial charge in [0, 0.05) is 15.7 Å². The summed E-state index contributed by atoms with van der Waals surface area (Å²) in [6.45, 7) is 2.75. The Hall–Kier alpha value is -1.37. The van der Waals surface area contributed by atoms with Gasteiger partial charge >= 0.3 is 0 Å². The molecule has 1 aromatic heterocycles. The van der Waals surface area contributed by atoms with E-state index < -0.39 is 0 Å². The summed E-state index contributed by atoms with van der Waals surface area (Å²) in [5.74, 6) is 0.471. The Bertz CT molecular complexity index is 593. The third-order valence-corrected chi connectivity index (χ3v) is 3.43. The number of hydrogen-bond donors (Lipinski definition) is 0. The first kappa shape index (κ1) is 14.0. The Kier molecular flexibility index (Phi) is 4.57. The lowest BCUT2D eigenvalue weighted by atomic mass is 10.1. The summed E-state index contributed by atoms with van der Waals surface area (Å²) >= 11 is 2.19. The Morgan fingerprint density at radius 1 is 1.47 bits per heavy atom. The average molecular weight is 370 g/mol. The molecule has 1 heterocycles. The molecule has 2 rings (SSSR count). The molecule has 100 valence electrons. The van der Waals surface area contributed by atoms with E-state index in [4.69, 9.17) is 4.74 Å². The lowest BCUT2D eigenvalue weighted by Gasteiger charge is -2.07. The Morgan fingerprint density at radius 3 is 2.89 bits per heavy atom. The molecule has 0 unspecified atom stereocenters. The van der Waals surface area contributed by atoms with Crippen LogP contribution in [0.3, 0.4) is 0 Å². The standard InChI is InChI=1S/C14H15IN2O2/c1-3-7-17-13(12(19-2)9-16-17)14(18)10-5-4-6-11(15)8-10/h4-6,8-9H,3,7H2,1-2H3. The van der Waals surface area contributed by atoms with Crippen LogP contribution in [0.2, 0.25) is 0 Å². The molecule has 4 nitrogen and oxygen atoms in total. The van der Waals surface area contributed by atoms with E-state index in [1.807, 2.05) is 31.2 Å². The van der Waals surface area contributed by atoms with Gasteiger partial charge in [0.1, 0.15) is 0 Å². The number of rotatable bonds is 5. The number of nitrogens with zero attached hydrogens (tertiary/aromatic N) is 2. The van der Waals surface area contributed by atoms with Crippen LogP contribution >= 0.6 is 22.6 Å². The predicted molar refractivity (Wildman–Crippen MR) is 81.7 cm³/mol. The molecule has 2 aromatic rings. The van der Waals surface area contributed by atoms with Gasteiger partial charge in [-0.2, -0.15) is 5.10 Å². The summed E-state index contributed by atoms with van der Waals surface area (Å²) in [6.07, 6.45) is 2.51. The number of ketones is 1. The number of hydrogen-bond acceptors (Lipinski definition) is 3. The highest BCUT2D eigenvalue weighted by Gasteiger charge is 2.20. The number of halogens is 1. The highest BCUT2D eigenvalue weighted by atomic mass is 127. The van der Waals surface area contributed by atoms with Gasteiger partial charge in [0.2, 0.25) is 5.78 Å². The second kappa shape index (κ2) is 6.18. The number of ether oxygens (including phenoxy) is 1. The maximum Gasteiger partial charge on any atom is 0.214 e. The highest BCUT2D eigenvalue weighted by molar-refractivity contribution is 14.1. The first-order valence-electron chi connectivity index (χ1n) is 6.07. The fourth-order valence-electron chi connectivity index (χ4n) is 1.89. The van der Waals surface area contributed by atoms with Crippen molar-refractivity contribution in [2.24, 2.45) is 0 Å². The van der Waals surface area contributed by atoms with Gasteiger partial charge < -0.3 is 4.74 Å². The van der Waals surface area contributed by atoms with E-state index in [1.54, 1.807) is 18.0 Å². The first-order valence-corrected chi connectivity index (χ1v) is 7.15. The van der Waals surface area contributed by atoms with Crippen molar-refractivity contribution in [3.8, 4) is 5.75 Å². The maximum atomic E-state index is 12.6. The quantitative estimate of drug-likeness (QED) is 0.600. The van der Waals surface area contributed by atoms with Crippen molar-refractivity contribution in [1.29, 1.82) is 0 Å². The lowest BCUT2D eigenvalue weighted by Crippen LogP contribution is -2.12. The van der Waals surface area contributed by atoms with Gasteiger partial charge in [0.25, 0.3) is 0 Å². The van der Waals surface area contributed by atoms with E-state index >= 15 is 0 Å². The zero-order valence-corrected chi connectivity index (χ0v) is 13.0. The number of benzene rings is 1. The van der Waals surface area contributed by atoms with Gasteiger partial charge in [0.05, 0.1) is 13.3 Å². The zero-order valence-electron chi connectivity index (χ0n) is 10.9. The third-order valence-electron chi connectivity index (χ3n) is 2.76. The zero-order chi connectivity index (χ0) is 13.8. The van der Waals surface area contributed by atoms with E-state index in [0.29, 0.717) is 23.6 Å². The van der Waals surface area contributed by atoms with Crippen LogP contribution in [-0.2, 0) is 6.54 Å². The minimum Gasteiger partial charge on any atom is -0.493 e. The molecule has 0 N–H and O–H groups in total. The van der Waals surface area contributed by atoms with Crippen molar-refractivity contribution in [3.63, 3.8) is 0 Å². The maximum absolute atomic E-state index is 12.6. The van der Waals surface area contributed by atoms with E-state index in [9.17, 15) is 4.79 Å². The van der Waals surface area contributed by atoms with Gasteiger partial charge in [-0.15, -0.1) is 0 Å². The van der Waals surface area contributed by atoms with Gasteiger partial charge in [-0.05, 0) is 41.1 Å². The van der Waals surface area contributed by atoms with Crippen LogP contribution in [0.25, 0.3) is 0 Å². The molecule has 0 amide bonds. The van der Waals surface area contributed by atoms with Crippen LogP contribution in [0.1, 0.15) is 29.4 Å². The predicted octanol–water partition coefficient (Wildman–Crippen LogP) is 3.14. The molecule has 0 aliphatic rings. The topological polar surface area (TPSA) is 44.1 Å². The molecule has 0 saturated carbocycles. The SMILES string of the molecule is CCCn1ncc(OC)c1C(=O)c1cccc(I)c1. The molecule has 0 spiro atoms. The molecule has 0 aliphatic carbocycles. The van der Waals surface area contributed by atoms with Crippen molar-refractivity contribution in [2.45, 2.75) is 19.9 Å². The van der Waals surface area contributed by atoms with E-state index in [0.717, 1.165) is 9.99 Å². The number of carbonyl (C=O) groups excluding carboxylic acids is 1. The van der Waals surface area contributed by atoms with Crippen LogP contribution in [0.4, 0.5) is 0 Å². The van der Waals surface area contributed by atoms with E-state index in [2.05, 4.69) is 27.7 Å². The highest BCUT2D eigenvalue weighted by Crippen LogP contribution is 2.22. The van der Waals surface area contributed by atoms with Gasteiger partial charge in [-0.25, -0.2) is 0 Å². The van der Waals surface area contributed by atoms with Gasteiger partial charge in [-0.3, -0.25) is 9.48 Å². The fourth-order valence-corrected chi connectivity index (χ4v) is 2.44. The summed E-state index contributed by atoms with van der Waals surface area (Å²) < 4.78 is 7.98. The minimum atomic E-state index is -0.0543. The normalized spacial score (nSPS) is 10.5. The molecule has 0 aliphatic heterocycles. The summed E-state index contributed by atoms with van der Waals surface area (Å²) in [6, 6.07) is 7.51. The lowest BCUT2D eigenvalue weighted by molar-refractivity contribution is 0.102. The van der Waals surface area contributed by atoms with Gasteiger partial charge in [0.15, 0.2) is 11.4 Å². The van der Waals surface area contributed by atoms with Crippen molar-refractivity contribution >= 4 is 28.4 Å². The monoisotopic (exact) mass is 370 g/mol. The number of aryl methyl sites for hydroxylation is 1. The summed E-state index contributed by atoms with van der Waals surface area (Å²) in [5, 5.41) is 4.21. The minimum absolute atomic E-state index is 0.0543. The molecule has 0 radical (unpaired) electrons. The van der Waals surface area contributed by atoms with Crippen LogP contribution < -0.4 is 4.74 Å². The van der Waals surface area contributed by atoms with Crippen LogP contribution in [-0.4, -0.2) is 22.7 Å². The van der Waals surface area contributed by atoms with E-state index in [-0.39, 0.29) is 5.78 Å². The Morgan fingerprint density at radius 2 is 2.26 bits per heavy atom. The van der Waals surface area contributed by atoms with Crippen molar-refractivity contribution < 1.29 is 9.53 Å². The van der Waals surface area contributed by atoms with Crippen molar-refractivity contribution in [3.05, 3.63) is 45.3 Å². The van der Waals surface area contributed by atoms with Crippen molar-refractivity contribution in [1.82, 2.24) is 9.78 Å². The molecule has 1 aromatic carbocycles. The molecule has 0 fully saturated rings. The summed E-state index contributed by atoms with van der Waals surface area (Å²) in [7, 11) is 1.55. The van der Waals surface area contributed by atoms with Crippen LogP contribution in [0.15, 0.2) is 30.5 Å². The fraction of sp³-hybridized carbons (Fsp3) is 0.286. The largest absolute Gasteiger partial charge is 0.493 e. The second-order valence-electron chi connectivity index (χ2n) is 4.12. The number of methoxy groups -OCH3 is 1. The number of aromatic nitrogens is 2. The van der Waals surface area contributed by atoms with Crippen LogP contribution in [0, 0.1) is 3.57 Å². The molecule has 0 bridgehead atoms.